The fraction of sp³-hybridized carbons (Fsp3) is 0.0645. The highest BCUT2D eigenvalue weighted by atomic mass is 15.1. The van der Waals surface area contributed by atoms with Gasteiger partial charge in [-0.05, 0) is 133 Å². The van der Waals surface area contributed by atoms with Crippen LogP contribution in [0.5, 0.6) is 0 Å². The van der Waals surface area contributed by atoms with Gasteiger partial charge in [0, 0.05) is 44.3 Å². The molecule has 0 amide bonds. The maximum Gasteiger partial charge on any atom is 0.0622 e. The van der Waals surface area contributed by atoms with Gasteiger partial charge >= 0.3 is 0 Å². The highest BCUT2D eigenvalue weighted by Crippen LogP contribution is 2.53. The van der Waals surface area contributed by atoms with Crippen molar-refractivity contribution in [3.05, 3.63) is 241 Å². The van der Waals surface area contributed by atoms with E-state index in [4.69, 9.17) is 0 Å². The first-order valence-electron chi connectivity index (χ1n) is 22.5. The number of anilines is 3. The molecule has 13 rings (SSSR count). The van der Waals surface area contributed by atoms with Crippen molar-refractivity contribution in [2.24, 2.45) is 0 Å². The topological polar surface area (TPSA) is 8.17 Å². The summed E-state index contributed by atoms with van der Waals surface area (Å²) in [5.74, 6) is 0. The molecule has 0 saturated heterocycles. The third-order valence-electron chi connectivity index (χ3n) is 14.2. The zero-order chi connectivity index (χ0) is 42.5. The van der Waals surface area contributed by atoms with Crippen LogP contribution in [0.1, 0.15) is 36.1 Å². The molecule has 0 spiro atoms. The summed E-state index contributed by atoms with van der Waals surface area (Å²) in [6, 6.07) is 80.8. The Labute approximate surface area is 374 Å². The first-order valence-corrected chi connectivity index (χ1v) is 22.5. The fourth-order valence-corrected chi connectivity index (χ4v) is 11.2. The second-order valence-electron chi connectivity index (χ2n) is 18.1. The summed E-state index contributed by atoms with van der Waals surface area (Å²) in [4.78, 5) is 2.40. The van der Waals surface area contributed by atoms with Gasteiger partial charge in [-0.1, -0.05) is 178 Å². The molecular formula is C62H44N2. The molecule has 1 aromatic heterocycles. The van der Waals surface area contributed by atoms with Crippen LogP contribution in [-0.2, 0) is 11.8 Å². The monoisotopic (exact) mass is 816 g/mol. The second kappa shape index (κ2) is 14.0. The first kappa shape index (κ1) is 36.7. The van der Waals surface area contributed by atoms with E-state index in [1.807, 2.05) is 0 Å². The predicted molar refractivity (Wildman–Crippen MR) is 270 cm³/mol. The molecule has 10 aromatic carbocycles. The van der Waals surface area contributed by atoms with Gasteiger partial charge in [-0.15, -0.1) is 0 Å². The maximum absolute atomic E-state index is 2.56. The van der Waals surface area contributed by atoms with Gasteiger partial charge in [0.25, 0.3) is 0 Å². The smallest absolute Gasteiger partial charge is 0.0622 e. The number of benzene rings is 10. The Kier molecular flexibility index (Phi) is 8.05. The number of nitrogens with zero attached hydrogens (tertiary/aromatic N) is 2. The Morgan fingerprint density at radius 3 is 1.67 bits per heavy atom. The average Bonchev–Trinajstić information content (AvgIpc) is 3.97. The largest absolute Gasteiger partial charge is 0.310 e. The van der Waals surface area contributed by atoms with Gasteiger partial charge in [-0.2, -0.15) is 0 Å². The van der Waals surface area contributed by atoms with Crippen molar-refractivity contribution in [1.29, 1.82) is 0 Å². The van der Waals surface area contributed by atoms with Crippen molar-refractivity contribution in [3.8, 4) is 50.2 Å². The standard InChI is InChI=1S/C62H44N2/c1-62(2)57-19-11-9-17-53(57)55-33-25-44-26-34-56-54-18-10-12-20-58(54)64(61(56)59(44)60(55)62)50-32-36-52-46(39-50)37-45-38-49(31-35-51(45)52)63(47-27-21-42(22-28-47)40-13-5-3-6-14-40)48-29-23-43(24-30-48)41-15-7-4-8-16-41/h3-36,38-39H,37H2,1-2H3. The van der Waals surface area contributed by atoms with Crippen LogP contribution in [-0.4, -0.2) is 4.57 Å². The molecule has 0 aliphatic heterocycles. The Hall–Kier alpha value is -7.94. The number of rotatable bonds is 6. The predicted octanol–water partition coefficient (Wildman–Crippen LogP) is 16.6. The van der Waals surface area contributed by atoms with Crippen molar-refractivity contribution in [1.82, 2.24) is 4.57 Å². The highest BCUT2D eigenvalue weighted by Gasteiger charge is 2.38. The number of aromatic nitrogens is 1. The van der Waals surface area contributed by atoms with Gasteiger partial charge in [-0.25, -0.2) is 0 Å². The lowest BCUT2D eigenvalue weighted by Crippen LogP contribution is -2.15. The lowest BCUT2D eigenvalue weighted by atomic mass is 9.80. The normalized spacial score (nSPS) is 13.2. The number of para-hydroxylation sites is 1. The van der Waals surface area contributed by atoms with E-state index in [9.17, 15) is 0 Å². The van der Waals surface area contributed by atoms with Crippen molar-refractivity contribution in [3.63, 3.8) is 0 Å². The Morgan fingerprint density at radius 1 is 0.422 bits per heavy atom. The summed E-state index contributed by atoms with van der Waals surface area (Å²) in [6.07, 6.45) is 0.871. The minimum atomic E-state index is -0.139. The van der Waals surface area contributed by atoms with Gasteiger partial charge in [0.2, 0.25) is 0 Å². The first-order chi connectivity index (χ1) is 31.5. The van der Waals surface area contributed by atoms with Crippen LogP contribution >= 0.6 is 0 Å². The van der Waals surface area contributed by atoms with E-state index in [0.717, 1.165) is 23.5 Å². The van der Waals surface area contributed by atoms with Crippen molar-refractivity contribution >= 4 is 49.6 Å². The highest BCUT2D eigenvalue weighted by molar-refractivity contribution is 6.21. The summed E-state index contributed by atoms with van der Waals surface area (Å²) in [7, 11) is 0. The van der Waals surface area contributed by atoms with Crippen molar-refractivity contribution in [2.45, 2.75) is 25.7 Å². The molecule has 0 unspecified atom stereocenters. The Bertz CT molecular complexity index is 3550. The Balaban J connectivity index is 0.927. The van der Waals surface area contributed by atoms with Crippen LogP contribution < -0.4 is 4.90 Å². The van der Waals surface area contributed by atoms with Crippen LogP contribution in [0.4, 0.5) is 17.1 Å². The summed E-state index contributed by atoms with van der Waals surface area (Å²) < 4.78 is 2.56. The van der Waals surface area contributed by atoms with Crippen molar-refractivity contribution in [2.75, 3.05) is 4.90 Å². The molecule has 0 N–H and O–H groups in total. The number of fused-ring (bicyclic) bond motifs is 12. The third kappa shape index (κ3) is 5.52. The molecule has 2 heteroatoms. The molecule has 64 heavy (non-hydrogen) atoms. The van der Waals surface area contributed by atoms with E-state index in [2.05, 4.69) is 242 Å². The summed E-state index contributed by atoms with van der Waals surface area (Å²) in [5, 5.41) is 5.22. The molecule has 2 aliphatic carbocycles. The van der Waals surface area contributed by atoms with E-state index >= 15 is 0 Å². The van der Waals surface area contributed by atoms with E-state index in [1.54, 1.807) is 0 Å². The average molecular weight is 817 g/mol. The van der Waals surface area contributed by atoms with Crippen molar-refractivity contribution < 1.29 is 0 Å². The number of hydrogen-bond donors (Lipinski definition) is 0. The molecular weight excluding hydrogens is 773 g/mol. The second-order valence-corrected chi connectivity index (χ2v) is 18.1. The number of hydrogen-bond acceptors (Lipinski definition) is 1. The minimum Gasteiger partial charge on any atom is -0.310 e. The summed E-state index contributed by atoms with van der Waals surface area (Å²) in [6.45, 7) is 4.81. The van der Waals surface area contributed by atoms with Gasteiger partial charge in [0.1, 0.15) is 0 Å². The molecule has 0 fully saturated rings. The molecule has 0 saturated carbocycles. The lowest BCUT2D eigenvalue weighted by Gasteiger charge is -2.26. The maximum atomic E-state index is 2.56. The molecule has 0 bridgehead atoms. The van der Waals surface area contributed by atoms with Gasteiger partial charge in [-0.3, -0.25) is 0 Å². The fourth-order valence-electron chi connectivity index (χ4n) is 11.2. The van der Waals surface area contributed by atoms with E-state index in [0.29, 0.717) is 0 Å². The minimum absolute atomic E-state index is 0.139. The van der Waals surface area contributed by atoms with Gasteiger partial charge in [0.15, 0.2) is 0 Å². The van der Waals surface area contributed by atoms with Gasteiger partial charge < -0.3 is 9.47 Å². The molecule has 2 nitrogen and oxygen atoms in total. The lowest BCUT2D eigenvalue weighted by molar-refractivity contribution is 0.666. The summed E-state index contributed by atoms with van der Waals surface area (Å²) >= 11 is 0. The zero-order valence-corrected chi connectivity index (χ0v) is 35.9. The zero-order valence-electron chi connectivity index (χ0n) is 35.9. The molecule has 0 atom stereocenters. The van der Waals surface area contributed by atoms with Crippen LogP contribution in [0.25, 0.3) is 82.8 Å². The summed E-state index contributed by atoms with van der Waals surface area (Å²) in [5.41, 5.74) is 22.7. The third-order valence-corrected chi connectivity index (χ3v) is 14.2. The van der Waals surface area contributed by atoms with Crippen LogP contribution in [0.2, 0.25) is 0 Å². The van der Waals surface area contributed by atoms with Crippen LogP contribution in [0, 0.1) is 0 Å². The Morgan fingerprint density at radius 2 is 0.969 bits per heavy atom. The van der Waals surface area contributed by atoms with E-state index in [1.165, 1.54) is 105 Å². The van der Waals surface area contributed by atoms with Crippen LogP contribution in [0.15, 0.2) is 218 Å². The molecule has 2 aliphatic rings. The molecule has 0 radical (unpaired) electrons. The van der Waals surface area contributed by atoms with Crippen LogP contribution in [0.3, 0.4) is 0 Å². The molecule has 1 heterocycles. The SMILES string of the molecule is CC1(C)c2ccccc2-c2ccc3ccc4c5ccccc5n(-c5ccc6c(c5)Cc5cc(N(c7ccc(-c8ccccc8)cc7)c7ccc(-c8ccccc8)cc7)ccc5-6)c4c3c21. The van der Waals surface area contributed by atoms with E-state index < -0.39 is 0 Å². The molecule has 11 aromatic rings. The quantitative estimate of drug-likeness (QED) is 0.162. The molecule has 302 valence electrons. The van der Waals surface area contributed by atoms with Gasteiger partial charge in [0.05, 0.1) is 11.0 Å². The van der Waals surface area contributed by atoms with E-state index in [-0.39, 0.29) is 5.41 Å².